The van der Waals surface area contributed by atoms with Crippen molar-refractivity contribution in [2.45, 2.75) is 25.8 Å². The van der Waals surface area contributed by atoms with Crippen LogP contribution >= 0.6 is 11.6 Å². The van der Waals surface area contributed by atoms with Crippen LogP contribution in [0.5, 0.6) is 5.75 Å². The second-order valence-electron chi connectivity index (χ2n) is 5.12. The largest absolute Gasteiger partial charge is 0.497 e. The lowest BCUT2D eigenvalue weighted by atomic mass is 9.98. The Morgan fingerprint density at radius 1 is 1.24 bits per heavy atom. The van der Waals surface area contributed by atoms with E-state index in [-0.39, 0.29) is 11.9 Å². The molecule has 0 aliphatic heterocycles. The molecule has 21 heavy (non-hydrogen) atoms. The Balaban J connectivity index is 2.04. The van der Waals surface area contributed by atoms with Gasteiger partial charge in [-0.25, -0.2) is 4.39 Å². The molecular weight excluding hydrogens is 289 g/mol. The molecule has 2 aromatic rings. The average Bonchev–Trinajstić information content (AvgIpc) is 2.49. The van der Waals surface area contributed by atoms with E-state index in [4.69, 9.17) is 22.1 Å². The molecule has 0 radical (unpaired) electrons. The number of hydrogen-bond acceptors (Lipinski definition) is 2. The summed E-state index contributed by atoms with van der Waals surface area (Å²) in [6, 6.07) is 10.7. The Bertz CT molecular complexity index is 613. The minimum atomic E-state index is -0.300. The first-order chi connectivity index (χ1) is 10.0. The van der Waals surface area contributed by atoms with Crippen molar-refractivity contribution in [3.05, 3.63) is 63.9 Å². The first-order valence-corrected chi connectivity index (χ1v) is 7.23. The maximum atomic E-state index is 13.4. The molecule has 0 fully saturated rings. The molecule has 2 nitrogen and oxygen atoms in total. The minimum Gasteiger partial charge on any atom is -0.497 e. The maximum Gasteiger partial charge on any atom is 0.127 e. The van der Waals surface area contributed by atoms with E-state index in [2.05, 4.69) is 0 Å². The zero-order valence-corrected chi connectivity index (χ0v) is 13.0. The summed E-state index contributed by atoms with van der Waals surface area (Å²) in [5.41, 5.74) is 8.73. The van der Waals surface area contributed by atoms with Gasteiger partial charge >= 0.3 is 0 Å². The number of hydrogen-bond donors (Lipinski definition) is 1. The summed E-state index contributed by atoms with van der Waals surface area (Å²) < 4.78 is 18.5. The normalized spacial score (nSPS) is 12.2. The Labute approximate surface area is 129 Å². The van der Waals surface area contributed by atoms with Gasteiger partial charge < -0.3 is 10.5 Å². The monoisotopic (exact) mass is 307 g/mol. The highest BCUT2D eigenvalue weighted by molar-refractivity contribution is 6.31. The average molecular weight is 308 g/mol. The summed E-state index contributed by atoms with van der Waals surface area (Å²) >= 11 is 6.08. The molecule has 0 amide bonds. The second kappa shape index (κ2) is 6.92. The van der Waals surface area contributed by atoms with Gasteiger partial charge in [0.15, 0.2) is 0 Å². The minimum absolute atomic E-state index is 0.209. The number of nitrogens with two attached hydrogens (primary N) is 1. The Hall–Kier alpha value is -1.58. The summed E-state index contributed by atoms with van der Waals surface area (Å²) in [5, 5.41) is 0.389. The number of rotatable bonds is 5. The molecule has 2 N–H and O–H groups in total. The van der Waals surface area contributed by atoms with Crippen LogP contribution in [0.2, 0.25) is 5.02 Å². The van der Waals surface area contributed by atoms with Crippen LogP contribution in [-0.2, 0) is 6.42 Å². The quantitative estimate of drug-likeness (QED) is 0.887. The van der Waals surface area contributed by atoms with Gasteiger partial charge in [0.2, 0.25) is 0 Å². The fraction of sp³-hybridized carbons (Fsp3) is 0.294. The van der Waals surface area contributed by atoms with E-state index in [1.807, 2.05) is 24.3 Å². The predicted octanol–water partition coefficient (Wildman–Crippen LogP) is 4.43. The summed E-state index contributed by atoms with van der Waals surface area (Å²) in [4.78, 5) is 0. The van der Waals surface area contributed by atoms with Crippen molar-refractivity contribution < 1.29 is 9.13 Å². The highest BCUT2D eigenvalue weighted by atomic mass is 35.5. The van der Waals surface area contributed by atoms with Gasteiger partial charge in [-0.1, -0.05) is 29.8 Å². The van der Waals surface area contributed by atoms with Crippen molar-refractivity contribution in [1.29, 1.82) is 0 Å². The number of halogens is 2. The van der Waals surface area contributed by atoms with Gasteiger partial charge in [-0.15, -0.1) is 0 Å². The van der Waals surface area contributed by atoms with E-state index in [1.165, 1.54) is 11.6 Å². The standard InChI is InChI=1S/C17H19ClFNO/c1-11-9-14(15(18)10-16(11)19)17(20)8-5-12-3-6-13(21-2)7-4-12/h3-4,6-7,9-10,17H,5,8,20H2,1-2H3. The van der Waals surface area contributed by atoms with Crippen LogP contribution in [0.15, 0.2) is 36.4 Å². The van der Waals surface area contributed by atoms with Gasteiger partial charge in [0, 0.05) is 11.1 Å². The van der Waals surface area contributed by atoms with Crippen molar-refractivity contribution in [3.8, 4) is 5.75 Å². The zero-order valence-electron chi connectivity index (χ0n) is 12.2. The fourth-order valence-electron chi connectivity index (χ4n) is 2.23. The first-order valence-electron chi connectivity index (χ1n) is 6.85. The highest BCUT2D eigenvalue weighted by Crippen LogP contribution is 2.27. The molecule has 2 aromatic carbocycles. The molecule has 112 valence electrons. The molecule has 4 heteroatoms. The zero-order chi connectivity index (χ0) is 15.4. The summed E-state index contributed by atoms with van der Waals surface area (Å²) in [5.74, 6) is 0.534. The number of methoxy groups -OCH3 is 1. The molecular formula is C17H19ClFNO. The summed E-state index contributed by atoms with van der Waals surface area (Å²) in [6.45, 7) is 1.71. The molecule has 0 bridgehead atoms. The molecule has 0 aromatic heterocycles. The third-order valence-electron chi connectivity index (χ3n) is 3.58. The number of ether oxygens (including phenoxy) is 1. The Morgan fingerprint density at radius 3 is 2.52 bits per heavy atom. The molecule has 0 saturated carbocycles. The SMILES string of the molecule is COc1ccc(CCC(N)c2cc(C)c(F)cc2Cl)cc1. The van der Waals surface area contributed by atoms with Crippen LogP contribution in [0.4, 0.5) is 4.39 Å². The van der Waals surface area contributed by atoms with Crippen molar-refractivity contribution in [3.63, 3.8) is 0 Å². The van der Waals surface area contributed by atoms with Crippen LogP contribution in [0.3, 0.4) is 0 Å². The number of benzene rings is 2. The van der Waals surface area contributed by atoms with Crippen molar-refractivity contribution >= 4 is 11.6 Å². The molecule has 1 atom stereocenters. The smallest absolute Gasteiger partial charge is 0.127 e. The van der Waals surface area contributed by atoms with E-state index in [9.17, 15) is 4.39 Å². The van der Waals surface area contributed by atoms with Crippen molar-refractivity contribution in [2.75, 3.05) is 7.11 Å². The van der Waals surface area contributed by atoms with Crippen LogP contribution in [0.1, 0.15) is 29.2 Å². The first kappa shape index (κ1) is 15.8. The lowest BCUT2D eigenvalue weighted by Crippen LogP contribution is -2.12. The molecule has 0 aliphatic rings. The molecule has 1 unspecified atom stereocenters. The Kier molecular flexibility index (Phi) is 5.21. The van der Waals surface area contributed by atoms with Crippen molar-refractivity contribution in [1.82, 2.24) is 0 Å². The Morgan fingerprint density at radius 2 is 1.90 bits per heavy atom. The lowest BCUT2D eigenvalue weighted by molar-refractivity contribution is 0.414. The second-order valence-corrected chi connectivity index (χ2v) is 5.52. The molecule has 0 saturated heterocycles. The van der Waals surface area contributed by atoms with Crippen LogP contribution < -0.4 is 10.5 Å². The third kappa shape index (κ3) is 3.96. The fourth-order valence-corrected chi connectivity index (χ4v) is 2.52. The predicted molar refractivity (Wildman–Crippen MR) is 84.4 cm³/mol. The molecule has 2 rings (SSSR count). The lowest BCUT2D eigenvalue weighted by Gasteiger charge is -2.15. The molecule has 0 aliphatic carbocycles. The van der Waals surface area contributed by atoms with E-state index < -0.39 is 0 Å². The van der Waals surface area contributed by atoms with Crippen molar-refractivity contribution in [2.24, 2.45) is 5.73 Å². The van der Waals surface area contributed by atoms with Gasteiger partial charge in [0.25, 0.3) is 0 Å². The highest BCUT2D eigenvalue weighted by Gasteiger charge is 2.13. The van der Waals surface area contributed by atoms with E-state index in [0.717, 1.165) is 24.2 Å². The summed E-state index contributed by atoms with van der Waals surface area (Å²) in [6.07, 6.45) is 1.58. The van der Waals surface area contributed by atoms with Gasteiger partial charge in [-0.3, -0.25) is 0 Å². The molecule has 0 spiro atoms. The van der Waals surface area contributed by atoms with Crippen LogP contribution in [-0.4, -0.2) is 7.11 Å². The van der Waals surface area contributed by atoms with Crippen LogP contribution in [0.25, 0.3) is 0 Å². The third-order valence-corrected chi connectivity index (χ3v) is 3.91. The van der Waals surface area contributed by atoms with E-state index in [1.54, 1.807) is 20.1 Å². The number of aryl methyl sites for hydroxylation is 2. The van der Waals surface area contributed by atoms with Gasteiger partial charge in [0.1, 0.15) is 11.6 Å². The maximum absolute atomic E-state index is 13.4. The van der Waals surface area contributed by atoms with E-state index >= 15 is 0 Å². The summed E-state index contributed by atoms with van der Waals surface area (Å²) in [7, 11) is 1.64. The topological polar surface area (TPSA) is 35.2 Å². The molecule has 0 heterocycles. The van der Waals surface area contributed by atoms with E-state index in [0.29, 0.717) is 10.6 Å². The van der Waals surface area contributed by atoms with Gasteiger partial charge in [-0.2, -0.15) is 0 Å². The van der Waals surface area contributed by atoms with Gasteiger partial charge in [0.05, 0.1) is 7.11 Å². The van der Waals surface area contributed by atoms with Gasteiger partial charge in [-0.05, 0) is 54.7 Å². The van der Waals surface area contributed by atoms with Crippen LogP contribution in [0, 0.1) is 12.7 Å².